The zero-order valence-electron chi connectivity index (χ0n) is 17.2. The molecule has 0 saturated carbocycles. The van der Waals surface area contributed by atoms with E-state index >= 15 is 0 Å². The minimum absolute atomic E-state index is 0.170. The predicted molar refractivity (Wildman–Crippen MR) is 117 cm³/mol. The number of hydrogen-bond acceptors (Lipinski definition) is 3. The van der Waals surface area contributed by atoms with Crippen LogP contribution in [0.2, 0.25) is 0 Å². The van der Waals surface area contributed by atoms with E-state index in [1.165, 1.54) is 24.1 Å². The van der Waals surface area contributed by atoms with E-state index in [0.29, 0.717) is 13.2 Å². The summed E-state index contributed by atoms with van der Waals surface area (Å²) in [6.45, 7) is 7.86. The minimum Gasteiger partial charge on any atom is -0.494 e. The normalized spacial score (nSPS) is 15.4. The van der Waals surface area contributed by atoms with E-state index in [0.717, 1.165) is 30.4 Å². The van der Waals surface area contributed by atoms with E-state index < -0.39 is 0 Å². The molecule has 2 aromatic carbocycles. The molecule has 1 aliphatic rings. The largest absolute Gasteiger partial charge is 0.494 e. The number of benzene rings is 2. The Morgan fingerprint density at radius 1 is 1.14 bits per heavy atom. The summed E-state index contributed by atoms with van der Waals surface area (Å²) in [5.41, 5.74) is 3.75. The molecule has 0 bridgehead atoms. The van der Waals surface area contributed by atoms with Crippen molar-refractivity contribution in [3.63, 3.8) is 0 Å². The third-order valence-corrected chi connectivity index (χ3v) is 5.09. The molecule has 28 heavy (non-hydrogen) atoms. The van der Waals surface area contributed by atoms with Gasteiger partial charge < -0.3 is 20.3 Å². The van der Waals surface area contributed by atoms with Crippen LogP contribution in [-0.4, -0.2) is 32.7 Å². The second-order valence-corrected chi connectivity index (χ2v) is 7.16. The number of ether oxygens (including phenoxy) is 1. The number of guanidine groups is 1. The molecule has 3 rings (SSSR count). The molecule has 0 aromatic heterocycles. The summed E-state index contributed by atoms with van der Waals surface area (Å²) >= 11 is 0. The predicted octanol–water partition coefficient (Wildman–Crippen LogP) is 4.11. The van der Waals surface area contributed by atoms with Gasteiger partial charge in [0.1, 0.15) is 5.75 Å². The molecular weight excluding hydrogens is 348 g/mol. The second-order valence-electron chi connectivity index (χ2n) is 7.16. The monoisotopic (exact) mass is 380 g/mol. The minimum atomic E-state index is 0.170. The van der Waals surface area contributed by atoms with E-state index in [9.17, 15) is 0 Å². The quantitative estimate of drug-likeness (QED) is 0.561. The van der Waals surface area contributed by atoms with Crippen LogP contribution in [0.3, 0.4) is 0 Å². The molecule has 0 spiro atoms. The molecule has 1 heterocycles. The molecule has 5 heteroatoms. The van der Waals surface area contributed by atoms with Gasteiger partial charge in [-0.05, 0) is 62.1 Å². The number of nitrogens with zero attached hydrogens (tertiary/aromatic N) is 2. The van der Waals surface area contributed by atoms with Crippen LogP contribution in [0, 0.1) is 0 Å². The van der Waals surface area contributed by atoms with Gasteiger partial charge >= 0.3 is 0 Å². The molecule has 2 N–H and O–H groups in total. The summed E-state index contributed by atoms with van der Waals surface area (Å²) in [5, 5.41) is 6.90. The van der Waals surface area contributed by atoms with Crippen LogP contribution in [0.4, 0.5) is 5.69 Å². The van der Waals surface area contributed by atoms with E-state index in [1.54, 1.807) is 7.05 Å². The van der Waals surface area contributed by atoms with Gasteiger partial charge in [0.15, 0.2) is 5.96 Å². The highest BCUT2D eigenvalue weighted by Crippen LogP contribution is 2.24. The van der Waals surface area contributed by atoms with Crippen LogP contribution < -0.4 is 20.3 Å². The van der Waals surface area contributed by atoms with Crippen molar-refractivity contribution in [3.05, 3.63) is 59.7 Å². The Kier molecular flexibility index (Phi) is 7.18. The molecule has 1 saturated heterocycles. The SMILES string of the molecule is CCOc1cccc(CNC(=NC)NC(C)c2cccc(N3CCCC3)c2)c1. The topological polar surface area (TPSA) is 48.9 Å². The zero-order chi connectivity index (χ0) is 19.8. The average molecular weight is 381 g/mol. The molecule has 1 aliphatic heterocycles. The van der Waals surface area contributed by atoms with Crippen molar-refractivity contribution in [1.29, 1.82) is 0 Å². The van der Waals surface area contributed by atoms with Crippen LogP contribution in [0.15, 0.2) is 53.5 Å². The van der Waals surface area contributed by atoms with Crippen molar-refractivity contribution in [2.24, 2.45) is 4.99 Å². The molecule has 150 valence electrons. The fourth-order valence-electron chi connectivity index (χ4n) is 3.55. The summed E-state index contributed by atoms with van der Waals surface area (Å²) in [7, 11) is 1.80. The van der Waals surface area contributed by atoms with Crippen LogP contribution in [0.5, 0.6) is 5.75 Å². The molecule has 0 aliphatic carbocycles. The van der Waals surface area contributed by atoms with Crippen LogP contribution in [0.25, 0.3) is 0 Å². The maximum absolute atomic E-state index is 5.58. The molecular formula is C23H32N4O. The first-order valence-electron chi connectivity index (χ1n) is 10.2. The van der Waals surface area contributed by atoms with Crippen molar-refractivity contribution in [2.45, 2.75) is 39.3 Å². The number of rotatable bonds is 7. The van der Waals surface area contributed by atoms with Gasteiger partial charge in [-0.25, -0.2) is 0 Å². The van der Waals surface area contributed by atoms with Gasteiger partial charge in [-0.15, -0.1) is 0 Å². The first-order valence-corrected chi connectivity index (χ1v) is 10.2. The second kappa shape index (κ2) is 10.0. The third-order valence-electron chi connectivity index (χ3n) is 5.09. The Hall–Kier alpha value is -2.69. The van der Waals surface area contributed by atoms with E-state index in [2.05, 4.69) is 63.8 Å². The lowest BCUT2D eigenvalue weighted by Gasteiger charge is -2.22. The third kappa shape index (κ3) is 5.41. The highest BCUT2D eigenvalue weighted by atomic mass is 16.5. The van der Waals surface area contributed by atoms with Crippen molar-refractivity contribution in [3.8, 4) is 5.75 Å². The van der Waals surface area contributed by atoms with Gasteiger partial charge in [-0.3, -0.25) is 4.99 Å². The highest BCUT2D eigenvalue weighted by molar-refractivity contribution is 5.80. The van der Waals surface area contributed by atoms with Gasteiger partial charge in [0.25, 0.3) is 0 Å². The summed E-state index contributed by atoms with van der Waals surface area (Å²) in [6.07, 6.45) is 2.58. The lowest BCUT2D eigenvalue weighted by molar-refractivity contribution is 0.340. The maximum atomic E-state index is 5.58. The Balaban J connectivity index is 1.58. The van der Waals surface area contributed by atoms with Crippen molar-refractivity contribution >= 4 is 11.6 Å². The zero-order valence-corrected chi connectivity index (χ0v) is 17.2. The van der Waals surface area contributed by atoms with Gasteiger partial charge in [-0.2, -0.15) is 0 Å². The van der Waals surface area contributed by atoms with Crippen LogP contribution in [0.1, 0.15) is 43.9 Å². The summed E-state index contributed by atoms with van der Waals surface area (Å²) in [6, 6.07) is 17.1. The summed E-state index contributed by atoms with van der Waals surface area (Å²) in [4.78, 5) is 6.85. The fourth-order valence-corrected chi connectivity index (χ4v) is 3.55. The van der Waals surface area contributed by atoms with E-state index in [1.807, 2.05) is 19.1 Å². The maximum Gasteiger partial charge on any atom is 0.191 e. The first-order chi connectivity index (χ1) is 13.7. The fraction of sp³-hybridized carbons (Fsp3) is 0.435. The van der Waals surface area contributed by atoms with Crippen LogP contribution >= 0.6 is 0 Å². The van der Waals surface area contributed by atoms with Gasteiger partial charge in [0, 0.05) is 32.4 Å². The van der Waals surface area contributed by atoms with Gasteiger partial charge in [0.2, 0.25) is 0 Å². The Morgan fingerprint density at radius 2 is 1.93 bits per heavy atom. The molecule has 1 atom stereocenters. The molecule has 1 fully saturated rings. The lowest BCUT2D eigenvalue weighted by Crippen LogP contribution is -2.38. The standard InChI is InChI=1S/C23H32N4O/c1-4-28-22-12-7-9-19(15-22)17-25-23(24-3)26-18(2)20-10-8-11-21(16-20)27-13-5-6-14-27/h7-12,15-16,18H,4-6,13-14,17H2,1-3H3,(H2,24,25,26). The Bertz CT molecular complexity index is 784. The van der Waals surface area contributed by atoms with Gasteiger partial charge in [-0.1, -0.05) is 24.3 Å². The molecule has 5 nitrogen and oxygen atoms in total. The average Bonchev–Trinajstić information content (AvgIpc) is 3.26. The molecule has 1 unspecified atom stereocenters. The lowest BCUT2D eigenvalue weighted by atomic mass is 10.1. The van der Waals surface area contributed by atoms with Gasteiger partial charge in [0.05, 0.1) is 12.6 Å². The van der Waals surface area contributed by atoms with E-state index in [-0.39, 0.29) is 6.04 Å². The van der Waals surface area contributed by atoms with Crippen molar-refractivity contribution in [2.75, 3.05) is 31.6 Å². The molecule has 0 amide bonds. The van der Waals surface area contributed by atoms with Crippen molar-refractivity contribution in [1.82, 2.24) is 10.6 Å². The molecule has 0 radical (unpaired) electrons. The summed E-state index contributed by atoms with van der Waals surface area (Å²) < 4.78 is 5.58. The summed E-state index contributed by atoms with van der Waals surface area (Å²) in [5.74, 6) is 1.69. The van der Waals surface area contributed by atoms with Crippen LogP contribution in [-0.2, 0) is 6.54 Å². The number of hydrogen-bond donors (Lipinski definition) is 2. The highest BCUT2D eigenvalue weighted by Gasteiger charge is 2.14. The van der Waals surface area contributed by atoms with Crippen molar-refractivity contribution < 1.29 is 4.74 Å². The number of nitrogens with one attached hydrogen (secondary N) is 2. The number of anilines is 1. The molecule has 2 aromatic rings. The Morgan fingerprint density at radius 3 is 2.68 bits per heavy atom. The first kappa shape index (κ1) is 20.1. The Labute approximate surface area is 168 Å². The smallest absolute Gasteiger partial charge is 0.191 e. The van der Waals surface area contributed by atoms with E-state index in [4.69, 9.17) is 4.74 Å². The number of aliphatic imine (C=N–C) groups is 1.